The third kappa shape index (κ3) is 3.32. The van der Waals surface area contributed by atoms with Crippen LogP contribution < -0.4 is 0 Å². The number of benzene rings is 1. The average Bonchev–Trinajstić information content (AvgIpc) is 2.82. The SMILES string of the molecule is CC(=O)C[C@@H]1OC[C@H](CO)N1S(=O)(=O)c1ccc(C)cc1. The number of Topliss-reactive ketones (excluding diaryl/α,β-unsaturated/α-hetero) is 1. The van der Waals surface area contributed by atoms with Gasteiger partial charge in [0.15, 0.2) is 0 Å². The third-order valence-corrected chi connectivity index (χ3v) is 5.35. The Balaban J connectivity index is 2.38. The molecule has 0 aromatic heterocycles. The highest BCUT2D eigenvalue weighted by molar-refractivity contribution is 7.89. The van der Waals surface area contributed by atoms with Gasteiger partial charge in [-0.15, -0.1) is 0 Å². The number of aliphatic hydroxyl groups excluding tert-OH is 1. The van der Waals surface area contributed by atoms with Crippen molar-refractivity contribution in [3.05, 3.63) is 29.8 Å². The Morgan fingerprint density at radius 3 is 2.52 bits per heavy atom. The van der Waals surface area contributed by atoms with Crippen LogP contribution in [0.15, 0.2) is 29.2 Å². The van der Waals surface area contributed by atoms with E-state index in [9.17, 15) is 18.3 Å². The number of rotatable bonds is 5. The van der Waals surface area contributed by atoms with Crippen LogP contribution >= 0.6 is 0 Å². The zero-order valence-corrected chi connectivity index (χ0v) is 12.8. The number of hydrogen-bond donors (Lipinski definition) is 1. The molecule has 7 heteroatoms. The van der Waals surface area contributed by atoms with Gasteiger partial charge in [0, 0.05) is 6.42 Å². The number of aliphatic hydroxyl groups is 1. The maximum atomic E-state index is 12.7. The predicted octanol–water partition coefficient (Wildman–Crippen LogP) is 0.682. The van der Waals surface area contributed by atoms with Gasteiger partial charge in [-0.3, -0.25) is 4.79 Å². The fraction of sp³-hybridized carbons (Fsp3) is 0.500. The third-order valence-electron chi connectivity index (χ3n) is 3.39. The Labute approximate surface area is 124 Å². The van der Waals surface area contributed by atoms with Crippen LogP contribution in [0.3, 0.4) is 0 Å². The van der Waals surface area contributed by atoms with Crippen LogP contribution in [0.25, 0.3) is 0 Å². The minimum Gasteiger partial charge on any atom is -0.395 e. The highest BCUT2D eigenvalue weighted by atomic mass is 32.2. The molecule has 116 valence electrons. The van der Waals surface area contributed by atoms with Crippen LogP contribution in [-0.4, -0.2) is 49.1 Å². The van der Waals surface area contributed by atoms with Gasteiger partial charge in [-0.05, 0) is 26.0 Å². The first-order chi connectivity index (χ1) is 9.86. The van der Waals surface area contributed by atoms with Crippen LogP contribution in [0, 0.1) is 6.92 Å². The van der Waals surface area contributed by atoms with Crippen molar-refractivity contribution in [3.8, 4) is 0 Å². The Kier molecular flexibility index (Phi) is 4.77. The van der Waals surface area contributed by atoms with Crippen LogP contribution in [0.4, 0.5) is 0 Å². The summed E-state index contributed by atoms with van der Waals surface area (Å²) < 4.78 is 31.9. The van der Waals surface area contributed by atoms with Gasteiger partial charge in [0.2, 0.25) is 10.0 Å². The van der Waals surface area contributed by atoms with E-state index in [2.05, 4.69) is 0 Å². The first-order valence-electron chi connectivity index (χ1n) is 6.68. The monoisotopic (exact) mass is 313 g/mol. The van der Waals surface area contributed by atoms with Crippen molar-refractivity contribution in [2.75, 3.05) is 13.2 Å². The summed E-state index contributed by atoms with van der Waals surface area (Å²) in [4.78, 5) is 11.4. The second kappa shape index (κ2) is 6.23. The van der Waals surface area contributed by atoms with Crippen LogP contribution in [0.2, 0.25) is 0 Å². The molecule has 6 nitrogen and oxygen atoms in total. The molecule has 21 heavy (non-hydrogen) atoms. The van der Waals surface area contributed by atoms with E-state index in [1.807, 2.05) is 6.92 Å². The molecule has 1 aliphatic rings. The van der Waals surface area contributed by atoms with Gasteiger partial charge in [0.05, 0.1) is 24.2 Å². The smallest absolute Gasteiger partial charge is 0.245 e. The molecule has 0 aliphatic carbocycles. The van der Waals surface area contributed by atoms with Crippen LogP contribution in [0.1, 0.15) is 18.9 Å². The lowest BCUT2D eigenvalue weighted by atomic mass is 10.2. The molecule has 0 spiro atoms. The number of hydrogen-bond acceptors (Lipinski definition) is 5. The van der Waals surface area contributed by atoms with Crippen molar-refractivity contribution in [2.45, 2.75) is 37.4 Å². The lowest BCUT2D eigenvalue weighted by molar-refractivity contribution is -0.120. The molecule has 2 rings (SSSR count). The van der Waals surface area contributed by atoms with E-state index in [1.165, 1.54) is 19.1 Å². The maximum Gasteiger partial charge on any atom is 0.245 e. The zero-order chi connectivity index (χ0) is 15.6. The summed E-state index contributed by atoms with van der Waals surface area (Å²) in [5, 5.41) is 9.37. The van der Waals surface area contributed by atoms with Crippen molar-refractivity contribution in [2.24, 2.45) is 0 Å². The number of carbonyl (C=O) groups excluding carboxylic acids is 1. The molecule has 1 heterocycles. The molecular formula is C14H19NO5S. The lowest BCUT2D eigenvalue weighted by Gasteiger charge is -2.26. The number of carbonyl (C=O) groups is 1. The molecule has 0 amide bonds. The summed E-state index contributed by atoms with van der Waals surface area (Å²) in [5.41, 5.74) is 0.950. The van der Waals surface area contributed by atoms with Gasteiger partial charge in [0.1, 0.15) is 12.0 Å². The molecule has 1 N–H and O–H groups in total. The quantitative estimate of drug-likeness (QED) is 0.864. The molecule has 1 saturated heterocycles. The molecule has 1 aliphatic heterocycles. The Morgan fingerprint density at radius 1 is 1.38 bits per heavy atom. The lowest BCUT2D eigenvalue weighted by Crippen LogP contribution is -2.44. The second-order valence-corrected chi connectivity index (χ2v) is 7.02. The number of ether oxygens (including phenoxy) is 1. The minimum atomic E-state index is -3.82. The van der Waals surface area contributed by atoms with E-state index in [0.717, 1.165) is 9.87 Å². The first-order valence-corrected chi connectivity index (χ1v) is 8.12. The highest BCUT2D eigenvalue weighted by Crippen LogP contribution is 2.28. The fourth-order valence-electron chi connectivity index (χ4n) is 2.32. The Bertz CT molecular complexity index is 611. The standard InChI is InChI=1S/C14H19NO5S/c1-10-3-5-13(6-4-10)21(18,19)15-12(8-16)9-20-14(15)7-11(2)17/h3-6,12,14,16H,7-9H2,1-2H3/t12-,14-/m0/s1. The van der Waals surface area contributed by atoms with E-state index < -0.39 is 22.3 Å². The maximum absolute atomic E-state index is 12.7. The van der Waals surface area contributed by atoms with Crippen molar-refractivity contribution in [1.82, 2.24) is 4.31 Å². The van der Waals surface area contributed by atoms with E-state index in [4.69, 9.17) is 4.74 Å². The van der Waals surface area contributed by atoms with Gasteiger partial charge >= 0.3 is 0 Å². The fourth-order valence-corrected chi connectivity index (χ4v) is 4.00. The Hall–Kier alpha value is -1.28. The average molecular weight is 313 g/mol. The van der Waals surface area contributed by atoms with E-state index in [-0.39, 0.29) is 30.3 Å². The predicted molar refractivity (Wildman–Crippen MR) is 76.1 cm³/mol. The minimum absolute atomic E-state index is 0.0262. The van der Waals surface area contributed by atoms with Gasteiger partial charge in [-0.2, -0.15) is 4.31 Å². The van der Waals surface area contributed by atoms with E-state index in [0.29, 0.717) is 0 Å². The van der Waals surface area contributed by atoms with E-state index in [1.54, 1.807) is 12.1 Å². The summed E-state index contributed by atoms with van der Waals surface area (Å²) in [7, 11) is -3.82. The number of ketones is 1. The summed E-state index contributed by atoms with van der Waals surface area (Å²) in [5.74, 6) is -0.164. The molecular weight excluding hydrogens is 294 g/mol. The van der Waals surface area contributed by atoms with Crippen molar-refractivity contribution in [1.29, 1.82) is 0 Å². The topological polar surface area (TPSA) is 83.9 Å². The van der Waals surface area contributed by atoms with Gasteiger partial charge in [0.25, 0.3) is 0 Å². The number of aryl methyl sites for hydroxylation is 1. The summed E-state index contributed by atoms with van der Waals surface area (Å²) in [6.07, 6.45) is -0.882. The van der Waals surface area contributed by atoms with E-state index >= 15 is 0 Å². The summed E-state index contributed by atoms with van der Waals surface area (Å²) in [6, 6.07) is 5.78. The van der Waals surface area contributed by atoms with Gasteiger partial charge in [-0.25, -0.2) is 8.42 Å². The molecule has 1 aromatic rings. The van der Waals surface area contributed by atoms with Gasteiger partial charge < -0.3 is 9.84 Å². The normalized spacial score (nSPS) is 23.4. The number of sulfonamides is 1. The largest absolute Gasteiger partial charge is 0.395 e. The van der Waals surface area contributed by atoms with Gasteiger partial charge in [-0.1, -0.05) is 17.7 Å². The molecule has 1 aromatic carbocycles. The zero-order valence-electron chi connectivity index (χ0n) is 12.0. The second-order valence-electron chi connectivity index (χ2n) is 5.18. The highest BCUT2D eigenvalue weighted by Gasteiger charge is 2.43. The summed E-state index contributed by atoms with van der Waals surface area (Å²) >= 11 is 0. The molecule has 0 radical (unpaired) electrons. The van der Waals surface area contributed by atoms with Crippen molar-refractivity contribution >= 4 is 15.8 Å². The van der Waals surface area contributed by atoms with Crippen molar-refractivity contribution < 1.29 is 23.1 Å². The number of nitrogens with zero attached hydrogens (tertiary/aromatic N) is 1. The molecule has 1 fully saturated rings. The molecule has 0 saturated carbocycles. The van der Waals surface area contributed by atoms with Crippen molar-refractivity contribution in [3.63, 3.8) is 0 Å². The first kappa shape index (κ1) is 16.1. The molecule has 2 atom stereocenters. The molecule has 0 bridgehead atoms. The summed E-state index contributed by atoms with van der Waals surface area (Å²) in [6.45, 7) is 2.98. The Morgan fingerprint density at radius 2 is 2.00 bits per heavy atom. The molecule has 0 unspecified atom stereocenters. The van der Waals surface area contributed by atoms with Crippen LogP contribution in [0.5, 0.6) is 0 Å². The van der Waals surface area contributed by atoms with Crippen LogP contribution in [-0.2, 0) is 19.6 Å².